The van der Waals surface area contributed by atoms with Crippen LogP contribution in [0, 0.1) is 17.5 Å². The van der Waals surface area contributed by atoms with Crippen LogP contribution >= 0.6 is 33.0 Å². The lowest BCUT2D eigenvalue weighted by Crippen LogP contribution is -2.32. The van der Waals surface area contributed by atoms with Gasteiger partial charge >= 0.3 is 55.4 Å². The summed E-state index contributed by atoms with van der Waals surface area (Å²) in [7, 11) is 10.6. The molecule has 8 aromatic rings. The quantitative estimate of drug-likeness (QED) is 0.0585. The number of alkyl carbamates (subject to hydrolysis) is 1. The second-order valence-electron chi connectivity index (χ2n) is 24.4. The van der Waals surface area contributed by atoms with Crippen LogP contribution in [0.3, 0.4) is 0 Å². The minimum absolute atomic E-state index is 0.0262. The first-order valence-electron chi connectivity index (χ1n) is 42.4. The molecule has 2 N–H and O–H groups in total. The van der Waals surface area contributed by atoms with Crippen LogP contribution in [0.1, 0.15) is 197 Å². The second-order valence-corrected chi connectivity index (χ2v) is 27.2. The van der Waals surface area contributed by atoms with E-state index in [1.165, 1.54) is 6.92 Å². The summed E-state index contributed by atoms with van der Waals surface area (Å²) in [6.45, 7) is -20.4. The van der Waals surface area contributed by atoms with Gasteiger partial charge in [0, 0.05) is 90.9 Å². The van der Waals surface area contributed by atoms with Crippen LogP contribution in [0.5, 0.6) is 17.2 Å². The Balaban J connectivity index is 0.000000292. The topological polar surface area (TPSA) is 133 Å². The van der Waals surface area contributed by atoms with Gasteiger partial charge in [-0.3, -0.25) is 4.90 Å². The molecule has 117 heavy (non-hydrogen) atoms. The molecule has 2 saturated heterocycles. The summed E-state index contributed by atoms with van der Waals surface area (Å²) >= 11 is 5.81. The van der Waals surface area contributed by atoms with Crippen LogP contribution < -0.4 is 19.5 Å². The molecule has 2 aliphatic heterocycles. The number of methoxy groups -OCH3 is 3. The normalized spacial score (nSPS) is 19.5. The van der Waals surface area contributed by atoms with E-state index < -0.39 is 256 Å². The number of aliphatic hydroxyl groups is 1. The van der Waals surface area contributed by atoms with Gasteiger partial charge in [-0.05, 0) is 184 Å². The number of nitrogens with zero attached hydrogens (tertiary/aromatic N) is 1. The SMILES string of the molecule is C[C@@H]1NC(=O)O[C@@H]1c1cc(C(F)(F)F)cc(C(F)(F)F)c1.O=S(Cl)Cl.[2H]C([2H])([2H])C([2H])(c1cc(-c2ccc(C(F)(F)F)cc2CCl)c(OC)cc1F)C([2H])([2H])[2H].[2H]C([2H])([2H])C([2H])(c1cc(-c2ccc(C(F)(F)F)cc2CN2C(=O)O[C@H](c3cc(C(F)(F)F)cc(C(F)(F)F)c3)[C@@H]2C)c(OC)cc1F)C([2H])([2H])[2H].[2H]C([2H])([2H])C([2H])(c1cc(-c2ccc(C(F)(F)F)cc2CO)c(OC)cc1F)C([2H])([2H])[2H]. The number of hydrogen-bond acceptors (Lipinski definition) is 9. The van der Waals surface area contributed by atoms with Gasteiger partial charge in [-0.1, -0.05) is 59.3 Å². The number of alkyl halides is 22. The van der Waals surface area contributed by atoms with E-state index in [0.717, 1.165) is 70.7 Å². The molecule has 0 aliphatic carbocycles. The number of amides is 2. The minimum Gasteiger partial charge on any atom is -0.496 e. The van der Waals surface area contributed by atoms with Crippen molar-refractivity contribution in [2.24, 2.45) is 0 Å². The van der Waals surface area contributed by atoms with Crippen molar-refractivity contribution >= 4 is 54.4 Å². The van der Waals surface area contributed by atoms with Gasteiger partial charge in [0.25, 0.3) is 0 Å². The molecule has 2 aliphatic rings. The smallest absolute Gasteiger partial charge is 0.416 e. The van der Waals surface area contributed by atoms with Crippen molar-refractivity contribution < 1.29 is 177 Å². The van der Waals surface area contributed by atoms with E-state index in [4.69, 9.17) is 68.3 Å². The van der Waals surface area contributed by atoms with E-state index >= 15 is 4.39 Å². The van der Waals surface area contributed by atoms with E-state index in [2.05, 4.69) is 26.7 Å². The van der Waals surface area contributed by atoms with Gasteiger partial charge < -0.3 is 34.1 Å². The Hall–Kier alpha value is -9.00. The molecule has 39 heteroatoms. The number of carbonyl (C=O) groups is 2. The van der Waals surface area contributed by atoms with E-state index in [-0.39, 0.29) is 74.0 Å². The molecule has 2 amide bonds. The fourth-order valence-corrected chi connectivity index (χ4v) is 11.6. The van der Waals surface area contributed by atoms with Crippen molar-refractivity contribution in [3.63, 3.8) is 0 Å². The van der Waals surface area contributed by atoms with Crippen LogP contribution in [-0.2, 0) is 81.0 Å². The predicted octanol–water partition coefficient (Wildman–Crippen LogP) is 26.2. The summed E-state index contributed by atoms with van der Waals surface area (Å²) in [5, 5.41) is 11.8. The van der Waals surface area contributed by atoms with Crippen LogP contribution in [0.15, 0.2) is 127 Å². The lowest BCUT2D eigenvalue weighted by atomic mass is 9.91. The summed E-state index contributed by atoms with van der Waals surface area (Å²) in [4.78, 5) is 24.8. The van der Waals surface area contributed by atoms with Crippen LogP contribution in [0.4, 0.5) is 115 Å². The molecule has 0 unspecified atom stereocenters. The lowest BCUT2D eigenvalue weighted by Gasteiger charge is -2.24. The summed E-state index contributed by atoms with van der Waals surface area (Å²) < 4.78 is 519. The Labute approximate surface area is 699 Å². The van der Waals surface area contributed by atoms with E-state index in [1.54, 1.807) is 0 Å². The Morgan fingerprint density at radius 3 is 1.03 bits per heavy atom. The van der Waals surface area contributed by atoms with E-state index in [0.29, 0.717) is 77.7 Å². The highest BCUT2D eigenvalue weighted by atomic mass is 36.0. The predicted molar refractivity (Wildman–Crippen MR) is 387 cm³/mol. The maximum Gasteiger partial charge on any atom is 0.416 e. The third-order valence-electron chi connectivity index (χ3n) is 16.8. The number of rotatable bonds is 15. The number of halogens is 27. The zero-order chi connectivity index (χ0) is 106. The maximum atomic E-state index is 15.4. The Morgan fingerprint density at radius 1 is 0.453 bits per heavy atom. The molecule has 0 spiro atoms. The Kier molecular flexibility index (Phi) is 22.6. The molecule has 10 rings (SSSR count). The summed E-state index contributed by atoms with van der Waals surface area (Å²) in [6, 6.07) is 10.2. The first kappa shape index (κ1) is 68.9. The van der Waals surface area contributed by atoms with Gasteiger partial charge in [-0.25, -0.2) is 27.0 Å². The molecular formula is C78H69Cl3F24N2O9S. The molecular weight excluding hydrogens is 1700 g/mol. The summed E-state index contributed by atoms with van der Waals surface area (Å²) in [6.07, 6.45) is -40.0. The number of benzene rings is 8. The largest absolute Gasteiger partial charge is 0.496 e. The van der Waals surface area contributed by atoms with Crippen molar-refractivity contribution in [1.82, 2.24) is 10.2 Å². The zero-order valence-electron chi connectivity index (χ0n) is 80.3. The number of carbonyl (C=O) groups excluding carboxylic acids is 2. The fourth-order valence-electron chi connectivity index (χ4n) is 11.3. The summed E-state index contributed by atoms with van der Waals surface area (Å²) in [5.41, 5.74) is -15.8. The average molecular weight is 1790 g/mol. The van der Waals surface area contributed by atoms with Crippen molar-refractivity contribution in [2.45, 2.75) is 159 Å². The van der Waals surface area contributed by atoms with Gasteiger partial charge in [-0.2, -0.15) is 92.2 Å². The lowest BCUT2D eigenvalue weighted by molar-refractivity contribution is -0.144. The van der Waals surface area contributed by atoms with Crippen LogP contribution in [-0.4, -0.2) is 59.8 Å². The fraction of sp³-hybridized carbons (Fsp3) is 0.359. The highest BCUT2D eigenvalue weighted by Gasteiger charge is 2.46. The van der Waals surface area contributed by atoms with Crippen molar-refractivity contribution in [3.8, 4) is 50.6 Å². The first-order chi connectivity index (χ1) is 62.2. The standard InChI is InChI=1S/C30H25F10NO3.C18H17ClF4O.C18H18F4O2.C12H9F6NO2.Cl2OS/c1-14(2)22-11-23(25(43-4)12-24(22)31)21-6-5-18(28(32,33)34)9-17(21)13-41-15(3)26(44-27(41)42)16-7-19(29(35,36)37)10-20(8-16)30(38,39)40;1-10(2)14-7-15(17(24-3)8-16(14)20)13-5-4-12(18(21,22)23)6-11(13)9-19;1-10(2)14-7-15(17(24-3)8-16(14)19)13-5-4-12(18(20,21)22)6-11(13)9-23;1-5-9(21-10(20)19-5)6-2-7(11(13,14)15)4-8(3-6)12(16,17)18;1-4(2)3/h5-12,14-15,26H,13H2,1-4H3;4-8,10H,9H2,1-3H3;4-8,10,23H,9H2,1-3H3;2-5,9H,1H3,(H,19,20);/t15-,26-;;;5-,9-;/m0..0./s1/i1D3,2D3,14D;2*1D3,2D3,10D;;. The maximum absolute atomic E-state index is 15.4. The van der Waals surface area contributed by atoms with Crippen LogP contribution in [0.25, 0.3) is 33.4 Å². The molecule has 640 valence electrons. The van der Waals surface area contributed by atoms with Gasteiger partial charge in [0.15, 0.2) is 0 Å². The molecule has 0 bridgehead atoms. The average Bonchev–Trinajstić information content (AvgIpc) is 0.778. The number of hydrogen-bond donors (Lipinski definition) is 2. The van der Waals surface area contributed by atoms with E-state index in [9.17, 15) is 116 Å². The van der Waals surface area contributed by atoms with E-state index in [1.807, 2.05) is 0 Å². The molecule has 0 radical (unpaired) electrons. The summed E-state index contributed by atoms with van der Waals surface area (Å²) in [5.74, 6) is -15.9. The highest BCUT2D eigenvalue weighted by molar-refractivity contribution is 8.26. The molecule has 0 aromatic heterocycles. The van der Waals surface area contributed by atoms with Crippen molar-refractivity contribution in [2.75, 3.05) is 21.3 Å². The zero-order valence-corrected chi connectivity index (χ0v) is 62.4. The van der Waals surface area contributed by atoms with Crippen molar-refractivity contribution in [3.05, 3.63) is 228 Å². The minimum atomic E-state index is -5.25. The van der Waals surface area contributed by atoms with Gasteiger partial charge in [-0.15, -0.1) is 11.6 Å². The number of nitrogens with one attached hydrogen (secondary N) is 1. The molecule has 4 atom stereocenters. The Bertz CT molecular complexity index is 5510. The highest BCUT2D eigenvalue weighted by Crippen LogP contribution is 2.48. The first-order valence-corrected chi connectivity index (χ1v) is 35.2. The second kappa shape index (κ2) is 38.4. The third-order valence-corrected chi connectivity index (χ3v) is 17.1. The van der Waals surface area contributed by atoms with Gasteiger partial charge in [0.05, 0.1) is 85.5 Å². The molecule has 2 fully saturated rings. The molecule has 2 heterocycles. The third kappa shape index (κ3) is 24.8. The number of cyclic esters (lactones) is 2. The van der Waals surface area contributed by atoms with Crippen molar-refractivity contribution in [1.29, 1.82) is 0 Å². The van der Waals surface area contributed by atoms with Crippen LogP contribution in [0.2, 0.25) is 0 Å². The molecule has 11 nitrogen and oxygen atoms in total. The number of aliphatic hydroxyl groups excluding tert-OH is 1. The van der Waals surface area contributed by atoms with Gasteiger partial charge in [0.2, 0.25) is 9.23 Å². The van der Waals surface area contributed by atoms with Gasteiger partial charge in [0.1, 0.15) is 46.9 Å². The molecule has 8 aromatic carbocycles. The monoisotopic (exact) mass is 1790 g/mol. The number of ether oxygens (including phenoxy) is 5. The molecule has 0 saturated carbocycles. The Morgan fingerprint density at radius 2 is 0.752 bits per heavy atom.